The van der Waals surface area contributed by atoms with Crippen LogP contribution >= 0.6 is 0 Å². The molecule has 5 N–H and O–H groups in total. The number of carbonyl (C=O) groups excluding carboxylic acids is 6. The Hall–Kier alpha value is -6.61. The maximum absolute atomic E-state index is 13.0. The van der Waals surface area contributed by atoms with E-state index in [1.54, 1.807) is 18.2 Å². The van der Waals surface area contributed by atoms with Crippen molar-refractivity contribution in [3.05, 3.63) is 89.1 Å². The number of hydrogen-bond acceptors (Lipinski definition) is 14. The van der Waals surface area contributed by atoms with Gasteiger partial charge in [0.05, 0.1) is 58.8 Å². The second-order valence-electron chi connectivity index (χ2n) is 17.3. The van der Waals surface area contributed by atoms with Gasteiger partial charge in [-0.25, -0.2) is 4.68 Å². The van der Waals surface area contributed by atoms with Gasteiger partial charge in [-0.15, -0.1) is 0 Å². The van der Waals surface area contributed by atoms with Gasteiger partial charge in [-0.2, -0.15) is 5.10 Å². The second-order valence-corrected chi connectivity index (χ2v) is 17.3. The van der Waals surface area contributed by atoms with Gasteiger partial charge in [0.15, 0.2) is 6.61 Å². The van der Waals surface area contributed by atoms with Gasteiger partial charge in [-0.1, -0.05) is 36.4 Å². The van der Waals surface area contributed by atoms with E-state index in [9.17, 15) is 28.8 Å². The van der Waals surface area contributed by atoms with E-state index >= 15 is 0 Å². The second kappa shape index (κ2) is 23.6. The lowest BCUT2D eigenvalue weighted by molar-refractivity contribution is -0.138. The fourth-order valence-corrected chi connectivity index (χ4v) is 9.31. The lowest BCUT2D eigenvalue weighted by Gasteiger charge is -2.38. The average Bonchev–Trinajstić information content (AvgIpc) is 3.92. The SMILES string of the molecule is NC(=O)c1c(C2=CCC(Oc3ccccc3)C=C2)nn2c1NCC[C@H]2C1CCN(C(=O)COCCOCCOCCOCCNC(=O)COc2cccc3c2CN(C2CCC(=O)NC2=O)C3=O)CC1. The van der Waals surface area contributed by atoms with Crippen LogP contribution in [-0.2, 0) is 44.7 Å². The first-order valence-corrected chi connectivity index (χ1v) is 23.7. The van der Waals surface area contributed by atoms with Crippen LogP contribution in [0.4, 0.5) is 5.82 Å². The third kappa shape index (κ3) is 12.4. The molecule has 1 aromatic heterocycles. The molecule has 2 fully saturated rings. The largest absolute Gasteiger partial charge is 0.486 e. The van der Waals surface area contributed by atoms with Crippen molar-refractivity contribution in [1.29, 1.82) is 0 Å². The number of nitrogens with one attached hydrogen (secondary N) is 3. The van der Waals surface area contributed by atoms with Crippen molar-refractivity contribution in [3.8, 4) is 11.5 Å². The minimum absolute atomic E-state index is 0.0266. The lowest BCUT2D eigenvalue weighted by Crippen LogP contribution is -2.52. The van der Waals surface area contributed by atoms with Crippen molar-refractivity contribution in [1.82, 2.24) is 30.2 Å². The molecule has 3 atom stereocenters. The number of benzene rings is 2. The summed E-state index contributed by atoms with van der Waals surface area (Å²) >= 11 is 0. The first-order valence-electron chi connectivity index (χ1n) is 23.7. The molecule has 4 aliphatic heterocycles. The van der Waals surface area contributed by atoms with Gasteiger partial charge < -0.3 is 54.6 Å². The molecule has 2 saturated heterocycles. The zero-order valence-electron chi connectivity index (χ0n) is 38.6. The fourth-order valence-electron chi connectivity index (χ4n) is 9.31. The fraction of sp³-hybridized carbons (Fsp3) is 0.490. The van der Waals surface area contributed by atoms with Crippen molar-refractivity contribution in [3.63, 3.8) is 0 Å². The number of nitrogens with two attached hydrogens (primary N) is 1. The summed E-state index contributed by atoms with van der Waals surface area (Å²) < 4.78 is 36.1. The lowest BCUT2D eigenvalue weighted by atomic mass is 9.87. The molecule has 20 nitrogen and oxygen atoms in total. The number of rotatable bonds is 23. The minimum Gasteiger partial charge on any atom is -0.486 e. The molecule has 20 heteroatoms. The van der Waals surface area contributed by atoms with E-state index in [4.69, 9.17) is 39.3 Å². The van der Waals surface area contributed by atoms with E-state index < -0.39 is 17.9 Å². The molecular formula is C49H60N8O12. The predicted molar refractivity (Wildman–Crippen MR) is 249 cm³/mol. The van der Waals surface area contributed by atoms with Gasteiger partial charge in [0.2, 0.25) is 17.7 Å². The number of piperidine rings is 2. The number of anilines is 1. The molecule has 2 aromatic carbocycles. The van der Waals surface area contributed by atoms with Crippen LogP contribution in [0, 0.1) is 5.92 Å². The van der Waals surface area contributed by atoms with Crippen molar-refractivity contribution in [2.24, 2.45) is 11.7 Å². The summed E-state index contributed by atoms with van der Waals surface area (Å²) in [5.74, 6) is -0.0169. The first kappa shape index (κ1) is 48.8. The summed E-state index contributed by atoms with van der Waals surface area (Å²) in [6.45, 7) is 4.25. The summed E-state index contributed by atoms with van der Waals surface area (Å²) in [4.78, 5) is 78.4. The van der Waals surface area contributed by atoms with Crippen LogP contribution in [0.3, 0.4) is 0 Å². The molecule has 0 radical (unpaired) electrons. The van der Waals surface area contributed by atoms with Crippen molar-refractivity contribution < 1.29 is 57.2 Å². The Morgan fingerprint density at radius 3 is 2.29 bits per heavy atom. The molecule has 6 amide bonds. The summed E-state index contributed by atoms with van der Waals surface area (Å²) in [7, 11) is 0. The van der Waals surface area contributed by atoms with Crippen LogP contribution in [0.2, 0.25) is 0 Å². The third-order valence-electron chi connectivity index (χ3n) is 12.8. The summed E-state index contributed by atoms with van der Waals surface area (Å²) in [6, 6.07) is 14.0. The smallest absolute Gasteiger partial charge is 0.258 e. The average molecular weight is 953 g/mol. The number of likely N-dealkylation sites (tertiary alicyclic amines) is 1. The molecule has 368 valence electrons. The topological polar surface area (TPSA) is 244 Å². The van der Waals surface area contributed by atoms with E-state index in [-0.39, 0.29) is 94.1 Å². The first-order chi connectivity index (χ1) is 33.6. The number of imide groups is 1. The summed E-state index contributed by atoms with van der Waals surface area (Å²) in [6.07, 6.45) is 9.35. The van der Waals surface area contributed by atoms with Gasteiger partial charge in [0.25, 0.3) is 17.7 Å². The van der Waals surface area contributed by atoms with Crippen molar-refractivity contribution in [2.75, 3.05) is 91.0 Å². The molecule has 5 heterocycles. The number of aromatic nitrogens is 2. The van der Waals surface area contributed by atoms with Crippen molar-refractivity contribution in [2.45, 2.75) is 63.3 Å². The Labute approximate surface area is 399 Å². The number of primary amides is 1. The highest BCUT2D eigenvalue weighted by Crippen LogP contribution is 2.40. The van der Waals surface area contributed by atoms with Crippen LogP contribution in [-0.4, -0.2) is 153 Å². The van der Waals surface area contributed by atoms with Crippen LogP contribution in [0.1, 0.15) is 76.5 Å². The molecule has 5 aliphatic rings. The molecule has 0 bridgehead atoms. The zero-order valence-corrected chi connectivity index (χ0v) is 38.6. The quantitative estimate of drug-likeness (QED) is 0.0789. The maximum Gasteiger partial charge on any atom is 0.258 e. The highest BCUT2D eigenvalue weighted by Gasteiger charge is 2.41. The molecule has 69 heavy (non-hydrogen) atoms. The zero-order chi connectivity index (χ0) is 48.1. The highest BCUT2D eigenvalue weighted by atomic mass is 16.6. The van der Waals surface area contributed by atoms with E-state index in [0.29, 0.717) is 93.0 Å². The predicted octanol–water partition coefficient (Wildman–Crippen LogP) is 2.39. The number of hydrogen-bond donors (Lipinski definition) is 4. The van der Waals surface area contributed by atoms with Crippen molar-refractivity contribution >= 4 is 46.8 Å². The number of nitrogens with zero attached hydrogens (tertiary/aromatic N) is 4. The van der Waals surface area contributed by atoms with E-state index in [1.807, 2.05) is 58.1 Å². The number of allylic oxidation sites excluding steroid dienone is 2. The van der Waals surface area contributed by atoms with Gasteiger partial charge in [0.1, 0.15) is 47.3 Å². The van der Waals surface area contributed by atoms with Crippen LogP contribution < -0.4 is 31.2 Å². The number of amides is 6. The Balaban J connectivity index is 0.642. The molecular weight excluding hydrogens is 893 g/mol. The Morgan fingerprint density at radius 1 is 0.841 bits per heavy atom. The maximum atomic E-state index is 13.0. The molecule has 2 unspecified atom stereocenters. The van der Waals surface area contributed by atoms with Gasteiger partial charge in [-0.05, 0) is 67.5 Å². The Kier molecular flexibility index (Phi) is 16.7. The van der Waals surface area contributed by atoms with Crippen LogP contribution in [0.15, 0.2) is 66.8 Å². The summed E-state index contributed by atoms with van der Waals surface area (Å²) in [5.41, 5.74) is 8.74. The van der Waals surface area contributed by atoms with Crippen LogP contribution in [0.5, 0.6) is 11.5 Å². The Morgan fingerprint density at radius 2 is 1.58 bits per heavy atom. The van der Waals surface area contributed by atoms with Gasteiger partial charge in [0, 0.05) is 50.1 Å². The molecule has 0 saturated carbocycles. The normalized spacial score (nSPS) is 20.1. The number of carbonyl (C=O) groups is 6. The third-order valence-corrected chi connectivity index (χ3v) is 12.8. The van der Waals surface area contributed by atoms with Gasteiger partial charge >= 0.3 is 0 Å². The minimum atomic E-state index is -0.741. The van der Waals surface area contributed by atoms with E-state index in [0.717, 1.165) is 30.6 Å². The van der Waals surface area contributed by atoms with Gasteiger partial charge in [-0.3, -0.25) is 34.1 Å². The monoisotopic (exact) mass is 952 g/mol. The van der Waals surface area contributed by atoms with Crippen LogP contribution in [0.25, 0.3) is 5.57 Å². The number of para-hydroxylation sites is 1. The van der Waals surface area contributed by atoms with E-state index in [1.165, 1.54) is 4.90 Å². The standard InChI is InChI=1S/C49H60N8O12/c50-46(61)44-45(33-9-11-35(12-10-33)69-34-5-2-1-3-6-34)54-57-38(15-18-52-47(44)57)32-16-20-55(21-17-32)43(60)31-67-28-27-66-26-25-65-24-23-64-22-19-51-42(59)30-68-40-8-4-7-36-37(40)29-56(49(36)63)39-13-14-41(58)53-48(39)62/h1-11,32,35,38-39,52H,12-31H2,(H2,50,61)(H,51,59)(H,53,58,62)/t35?,38-,39?/m0/s1. The molecule has 0 spiro atoms. The number of ether oxygens (including phenoxy) is 6. The molecule has 3 aromatic rings. The molecule has 1 aliphatic carbocycles. The summed E-state index contributed by atoms with van der Waals surface area (Å²) in [5, 5.41) is 13.4. The van der Waals surface area contributed by atoms with E-state index in [2.05, 4.69) is 16.0 Å². The highest BCUT2D eigenvalue weighted by molar-refractivity contribution is 6.06. The number of fused-ring (bicyclic) bond motifs is 2. The Bertz CT molecular complexity index is 2400. The molecule has 8 rings (SSSR count).